The van der Waals surface area contributed by atoms with E-state index in [2.05, 4.69) is 23.9 Å². The maximum atomic E-state index is 12.3. The molecule has 0 aromatic rings. The molecule has 2 aliphatic rings. The zero-order valence-electron chi connectivity index (χ0n) is 13.8. The number of nitrogens with two attached hydrogens (primary N) is 1. The number of nitrogens with zero attached hydrogens (tertiary/aromatic N) is 3. The molecule has 5 nitrogen and oxygen atoms in total. The van der Waals surface area contributed by atoms with Crippen molar-refractivity contribution >= 4 is 5.91 Å². The molecule has 0 aliphatic carbocycles. The first-order valence-corrected chi connectivity index (χ1v) is 8.46. The summed E-state index contributed by atoms with van der Waals surface area (Å²) >= 11 is 0. The van der Waals surface area contributed by atoms with Crippen LogP contribution < -0.4 is 5.73 Å². The Hall–Kier alpha value is -0.650. The van der Waals surface area contributed by atoms with Gasteiger partial charge in [0, 0.05) is 38.6 Å². The van der Waals surface area contributed by atoms with Crippen LogP contribution in [0.25, 0.3) is 0 Å². The number of carbonyl (C=O) groups excluding carboxylic acids is 1. The van der Waals surface area contributed by atoms with Gasteiger partial charge in [-0.3, -0.25) is 4.79 Å². The van der Waals surface area contributed by atoms with Gasteiger partial charge in [0.05, 0.1) is 0 Å². The average molecular weight is 296 g/mol. The van der Waals surface area contributed by atoms with Crippen molar-refractivity contribution in [3.63, 3.8) is 0 Å². The molecule has 2 N–H and O–H groups in total. The van der Waals surface area contributed by atoms with Crippen LogP contribution in [0.3, 0.4) is 0 Å². The third-order valence-corrected chi connectivity index (χ3v) is 5.15. The predicted octanol–water partition coefficient (Wildman–Crippen LogP) is 0.600. The van der Waals surface area contributed by atoms with E-state index in [0.717, 1.165) is 38.4 Å². The minimum atomic E-state index is 0.192. The van der Waals surface area contributed by atoms with Crippen LogP contribution in [-0.4, -0.2) is 80.0 Å². The molecule has 0 aromatic heterocycles. The lowest BCUT2D eigenvalue weighted by Gasteiger charge is -2.35. The number of likely N-dealkylation sites (tertiary alicyclic amines) is 2. The third-order valence-electron chi connectivity index (χ3n) is 5.15. The number of amides is 1. The van der Waals surface area contributed by atoms with Gasteiger partial charge in [-0.15, -0.1) is 0 Å². The second kappa shape index (κ2) is 8.11. The highest BCUT2D eigenvalue weighted by atomic mass is 16.2. The van der Waals surface area contributed by atoms with E-state index in [1.54, 1.807) is 0 Å². The highest BCUT2D eigenvalue weighted by molar-refractivity contribution is 5.77. The van der Waals surface area contributed by atoms with Crippen LogP contribution in [0.2, 0.25) is 0 Å². The Morgan fingerprint density at radius 1 is 1.24 bits per heavy atom. The summed E-state index contributed by atoms with van der Waals surface area (Å²) in [7, 11) is 4.32. The van der Waals surface area contributed by atoms with Crippen molar-refractivity contribution < 1.29 is 4.79 Å². The molecule has 0 saturated carbocycles. The number of carbonyl (C=O) groups is 1. The molecule has 0 radical (unpaired) electrons. The van der Waals surface area contributed by atoms with Crippen LogP contribution in [0.1, 0.15) is 32.1 Å². The van der Waals surface area contributed by atoms with Crippen molar-refractivity contribution in [2.75, 3.05) is 53.4 Å². The third kappa shape index (κ3) is 4.94. The molecule has 1 unspecified atom stereocenters. The van der Waals surface area contributed by atoms with Gasteiger partial charge < -0.3 is 20.4 Å². The molecule has 0 bridgehead atoms. The first kappa shape index (κ1) is 16.7. The SMILES string of the molecule is CN1CCC(CN(C)C(CN)CC(=O)N2CCCC2)CC1. The monoisotopic (exact) mass is 296 g/mol. The Balaban J connectivity index is 1.77. The van der Waals surface area contributed by atoms with Gasteiger partial charge in [0.1, 0.15) is 0 Å². The zero-order valence-corrected chi connectivity index (χ0v) is 13.8. The summed E-state index contributed by atoms with van der Waals surface area (Å²) in [6, 6.07) is 0.192. The lowest BCUT2D eigenvalue weighted by molar-refractivity contribution is -0.131. The van der Waals surface area contributed by atoms with E-state index in [4.69, 9.17) is 5.73 Å². The minimum absolute atomic E-state index is 0.192. The van der Waals surface area contributed by atoms with Crippen LogP contribution in [0.5, 0.6) is 0 Å². The molecule has 1 atom stereocenters. The summed E-state index contributed by atoms with van der Waals surface area (Å²) in [5.41, 5.74) is 5.93. The number of rotatable bonds is 6. The Morgan fingerprint density at radius 2 is 1.86 bits per heavy atom. The van der Waals surface area contributed by atoms with Crippen molar-refractivity contribution in [1.29, 1.82) is 0 Å². The van der Waals surface area contributed by atoms with Crippen LogP contribution in [0, 0.1) is 5.92 Å². The summed E-state index contributed by atoms with van der Waals surface area (Å²) in [4.78, 5) is 19.0. The van der Waals surface area contributed by atoms with Crippen LogP contribution in [0.15, 0.2) is 0 Å². The van der Waals surface area contributed by atoms with Crippen LogP contribution in [0.4, 0.5) is 0 Å². The lowest BCUT2D eigenvalue weighted by Crippen LogP contribution is -2.45. The molecule has 2 fully saturated rings. The molecule has 5 heteroatoms. The fraction of sp³-hybridized carbons (Fsp3) is 0.938. The fourth-order valence-corrected chi connectivity index (χ4v) is 3.52. The highest BCUT2D eigenvalue weighted by Gasteiger charge is 2.25. The molecule has 0 aromatic carbocycles. The quantitative estimate of drug-likeness (QED) is 0.780. The second-order valence-electron chi connectivity index (χ2n) is 6.87. The number of piperidine rings is 1. The highest BCUT2D eigenvalue weighted by Crippen LogP contribution is 2.19. The largest absolute Gasteiger partial charge is 0.343 e. The van der Waals surface area contributed by atoms with Gasteiger partial charge in [0.2, 0.25) is 5.91 Å². The van der Waals surface area contributed by atoms with E-state index in [1.807, 2.05) is 4.90 Å². The van der Waals surface area contributed by atoms with Gasteiger partial charge in [-0.05, 0) is 58.8 Å². The molecule has 0 spiro atoms. The van der Waals surface area contributed by atoms with Crippen molar-refractivity contribution in [3.8, 4) is 0 Å². The lowest BCUT2D eigenvalue weighted by atomic mass is 9.96. The molecular formula is C16H32N4O. The maximum absolute atomic E-state index is 12.3. The van der Waals surface area contributed by atoms with Gasteiger partial charge in [-0.1, -0.05) is 0 Å². The smallest absolute Gasteiger partial charge is 0.224 e. The van der Waals surface area contributed by atoms with Gasteiger partial charge >= 0.3 is 0 Å². The zero-order chi connectivity index (χ0) is 15.2. The van der Waals surface area contributed by atoms with Crippen LogP contribution in [-0.2, 0) is 4.79 Å². The summed E-state index contributed by atoms with van der Waals surface area (Å²) in [6.07, 6.45) is 5.42. The minimum Gasteiger partial charge on any atom is -0.343 e. The normalized spacial score (nSPS) is 23.0. The molecule has 2 rings (SSSR count). The molecule has 2 saturated heterocycles. The van der Waals surface area contributed by atoms with E-state index >= 15 is 0 Å². The Morgan fingerprint density at radius 3 is 2.43 bits per heavy atom. The molecule has 1 amide bonds. The van der Waals surface area contributed by atoms with E-state index in [1.165, 1.54) is 25.9 Å². The predicted molar refractivity (Wildman–Crippen MR) is 86.1 cm³/mol. The average Bonchev–Trinajstić information content (AvgIpc) is 3.01. The maximum Gasteiger partial charge on any atom is 0.224 e. The fourth-order valence-electron chi connectivity index (χ4n) is 3.52. The van der Waals surface area contributed by atoms with Gasteiger partial charge in [-0.25, -0.2) is 0 Å². The summed E-state index contributed by atoms with van der Waals surface area (Å²) < 4.78 is 0. The second-order valence-corrected chi connectivity index (χ2v) is 6.87. The number of hydrogen-bond acceptors (Lipinski definition) is 4. The van der Waals surface area contributed by atoms with Crippen LogP contribution >= 0.6 is 0 Å². The van der Waals surface area contributed by atoms with Gasteiger partial charge in [-0.2, -0.15) is 0 Å². The van der Waals surface area contributed by atoms with E-state index in [9.17, 15) is 4.79 Å². The summed E-state index contributed by atoms with van der Waals surface area (Å²) in [5.74, 6) is 1.04. The first-order chi connectivity index (χ1) is 10.1. The standard InChI is InChI=1S/C16H32N4O/c1-18-9-5-14(6-10-18)13-19(2)15(12-17)11-16(21)20-7-3-4-8-20/h14-15H,3-13,17H2,1-2H3. The van der Waals surface area contributed by atoms with E-state index in [0.29, 0.717) is 13.0 Å². The van der Waals surface area contributed by atoms with E-state index in [-0.39, 0.29) is 11.9 Å². The topological polar surface area (TPSA) is 52.8 Å². The van der Waals surface area contributed by atoms with Gasteiger partial charge in [0.25, 0.3) is 0 Å². The summed E-state index contributed by atoms with van der Waals surface area (Å²) in [6.45, 7) is 5.91. The molecule has 122 valence electrons. The summed E-state index contributed by atoms with van der Waals surface area (Å²) in [5, 5.41) is 0. The Bertz CT molecular complexity index is 322. The van der Waals surface area contributed by atoms with Crippen molar-refractivity contribution in [2.24, 2.45) is 11.7 Å². The first-order valence-electron chi connectivity index (χ1n) is 8.46. The van der Waals surface area contributed by atoms with Crippen molar-refractivity contribution in [3.05, 3.63) is 0 Å². The van der Waals surface area contributed by atoms with E-state index < -0.39 is 0 Å². The molecule has 21 heavy (non-hydrogen) atoms. The van der Waals surface area contributed by atoms with Crippen molar-refractivity contribution in [1.82, 2.24) is 14.7 Å². The van der Waals surface area contributed by atoms with Crippen molar-refractivity contribution in [2.45, 2.75) is 38.1 Å². The Labute approximate surface area is 129 Å². The molecule has 2 aliphatic heterocycles. The Kier molecular flexibility index (Phi) is 6.45. The number of likely N-dealkylation sites (N-methyl/N-ethyl adjacent to an activating group) is 1. The van der Waals surface area contributed by atoms with Gasteiger partial charge in [0.15, 0.2) is 0 Å². The molecular weight excluding hydrogens is 264 g/mol. The molecule has 2 heterocycles. The number of hydrogen-bond donors (Lipinski definition) is 1.